The average molecular weight is 377 g/mol. The van der Waals surface area contributed by atoms with Crippen molar-refractivity contribution in [3.63, 3.8) is 0 Å². The maximum atomic E-state index is 12.5. The first-order valence-corrected chi connectivity index (χ1v) is 10.1. The van der Waals surface area contributed by atoms with E-state index in [0.717, 1.165) is 38.0 Å². The Labute approximate surface area is 166 Å². The molecular formula is C23H27N3O2. The minimum Gasteiger partial charge on any atom is -0.367 e. The first kappa shape index (κ1) is 18.5. The van der Waals surface area contributed by atoms with Crippen LogP contribution in [0.25, 0.3) is 0 Å². The summed E-state index contributed by atoms with van der Waals surface area (Å²) in [4.78, 5) is 28.2. The molecule has 2 aromatic carbocycles. The molecule has 0 unspecified atom stereocenters. The number of anilines is 2. The number of hydrogen-bond donors (Lipinski definition) is 1. The summed E-state index contributed by atoms with van der Waals surface area (Å²) in [6.07, 6.45) is 2.53. The zero-order valence-electron chi connectivity index (χ0n) is 16.4. The Balaban J connectivity index is 1.34. The van der Waals surface area contributed by atoms with Crippen molar-refractivity contribution in [2.75, 3.05) is 29.9 Å². The Morgan fingerprint density at radius 3 is 2.29 bits per heavy atom. The van der Waals surface area contributed by atoms with E-state index in [1.165, 1.54) is 16.8 Å². The summed E-state index contributed by atoms with van der Waals surface area (Å²) in [6, 6.07) is 16.8. The molecule has 0 atom stereocenters. The number of rotatable bonds is 3. The van der Waals surface area contributed by atoms with E-state index in [0.29, 0.717) is 13.1 Å². The average Bonchev–Trinajstić information content (AvgIpc) is 2.74. The first-order chi connectivity index (χ1) is 13.6. The molecule has 28 heavy (non-hydrogen) atoms. The van der Waals surface area contributed by atoms with Crippen LogP contribution in [-0.2, 0) is 22.6 Å². The van der Waals surface area contributed by atoms with Crippen molar-refractivity contribution >= 4 is 23.2 Å². The zero-order chi connectivity index (χ0) is 19.5. The molecule has 0 radical (unpaired) electrons. The molecule has 4 rings (SSSR count). The van der Waals surface area contributed by atoms with Crippen LogP contribution >= 0.6 is 0 Å². The van der Waals surface area contributed by atoms with Gasteiger partial charge >= 0.3 is 0 Å². The Morgan fingerprint density at radius 2 is 1.61 bits per heavy atom. The van der Waals surface area contributed by atoms with E-state index < -0.39 is 0 Å². The Bertz CT molecular complexity index is 854. The summed E-state index contributed by atoms with van der Waals surface area (Å²) in [5, 5.41) is 3.04. The number of benzene rings is 2. The minimum atomic E-state index is -0.0196. The monoisotopic (exact) mass is 377 g/mol. The number of carbonyl (C=O) groups excluding carboxylic acids is 2. The van der Waals surface area contributed by atoms with Gasteiger partial charge in [0, 0.05) is 50.4 Å². The number of amides is 2. The van der Waals surface area contributed by atoms with Crippen LogP contribution in [0.4, 0.5) is 11.4 Å². The van der Waals surface area contributed by atoms with Gasteiger partial charge in [0.15, 0.2) is 0 Å². The van der Waals surface area contributed by atoms with Crippen LogP contribution in [0.15, 0.2) is 48.5 Å². The third kappa shape index (κ3) is 4.03. The van der Waals surface area contributed by atoms with E-state index in [1.807, 2.05) is 17.0 Å². The van der Waals surface area contributed by atoms with Crippen molar-refractivity contribution in [1.82, 2.24) is 4.90 Å². The smallest absolute Gasteiger partial charge is 0.227 e. The molecule has 146 valence electrons. The van der Waals surface area contributed by atoms with Crippen LogP contribution in [-0.4, -0.2) is 36.3 Å². The van der Waals surface area contributed by atoms with Crippen LogP contribution in [0.2, 0.25) is 0 Å². The lowest BCUT2D eigenvalue weighted by Gasteiger charge is -2.31. The van der Waals surface area contributed by atoms with Gasteiger partial charge in [0.25, 0.3) is 0 Å². The van der Waals surface area contributed by atoms with Crippen molar-refractivity contribution in [3.05, 3.63) is 59.7 Å². The number of piperidine rings is 1. The van der Waals surface area contributed by atoms with Gasteiger partial charge in [0.2, 0.25) is 11.8 Å². The molecule has 1 saturated heterocycles. The number of fused-ring (bicyclic) bond motifs is 1. The number of nitrogens with one attached hydrogen (secondary N) is 1. The van der Waals surface area contributed by atoms with Crippen molar-refractivity contribution < 1.29 is 9.59 Å². The van der Waals surface area contributed by atoms with E-state index in [-0.39, 0.29) is 17.7 Å². The van der Waals surface area contributed by atoms with Crippen molar-refractivity contribution in [3.8, 4) is 0 Å². The van der Waals surface area contributed by atoms with Gasteiger partial charge in [-0.1, -0.05) is 24.3 Å². The molecular weight excluding hydrogens is 350 g/mol. The molecule has 0 aliphatic carbocycles. The number of nitrogens with zero attached hydrogens (tertiary/aromatic N) is 2. The van der Waals surface area contributed by atoms with Crippen molar-refractivity contribution in [2.45, 2.75) is 32.7 Å². The maximum absolute atomic E-state index is 12.5. The topological polar surface area (TPSA) is 52.7 Å². The Morgan fingerprint density at radius 1 is 0.929 bits per heavy atom. The lowest BCUT2D eigenvalue weighted by atomic mass is 9.96. The molecule has 5 nitrogen and oxygen atoms in total. The number of carbonyl (C=O) groups is 2. The van der Waals surface area contributed by atoms with E-state index in [2.05, 4.69) is 46.6 Å². The first-order valence-electron chi connectivity index (χ1n) is 10.1. The molecule has 2 amide bonds. The summed E-state index contributed by atoms with van der Waals surface area (Å²) in [5.74, 6) is 0.131. The van der Waals surface area contributed by atoms with Gasteiger partial charge in [-0.3, -0.25) is 9.59 Å². The van der Waals surface area contributed by atoms with Crippen LogP contribution < -0.4 is 10.2 Å². The number of likely N-dealkylation sites (tertiary alicyclic amines) is 1. The SMILES string of the molecule is CC(=O)N1CCC(C(=O)Nc2ccc(N3CCc4ccccc4C3)cc2)CC1. The highest BCUT2D eigenvalue weighted by atomic mass is 16.2. The maximum Gasteiger partial charge on any atom is 0.227 e. The highest BCUT2D eigenvalue weighted by Crippen LogP contribution is 2.26. The van der Waals surface area contributed by atoms with Gasteiger partial charge in [0.1, 0.15) is 0 Å². The van der Waals surface area contributed by atoms with Gasteiger partial charge in [-0.25, -0.2) is 0 Å². The normalized spacial score (nSPS) is 17.2. The lowest BCUT2D eigenvalue weighted by Crippen LogP contribution is -2.40. The second-order valence-corrected chi connectivity index (χ2v) is 7.76. The van der Waals surface area contributed by atoms with Gasteiger partial charge in [-0.15, -0.1) is 0 Å². The van der Waals surface area contributed by atoms with Crippen LogP contribution in [0, 0.1) is 5.92 Å². The van der Waals surface area contributed by atoms with E-state index in [9.17, 15) is 9.59 Å². The zero-order valence-corrected chi connectivity index (χ0v) is 16.4. The Kier molecular flexibility index (Phi) is 5.33. The molecule has 1 N–H and O–H groups in total. The second-order valence-electron chi connectivity index (χ2n) is 7.76. The molecule has 2 heterocycles. The highest BCUT2D eigenvalue weighted by molar-refractivity contribution is 5.93. The lowest BCUT2D eigenvalue weighted by molar-refractivity contribution is -0.132. The largest absolute Gasteiger partial charge is 0.367 e. The summed E-state index contributed by atoms with van der Waals surface area (Å²) in [5.41, 5.74) is 4.85. The van der Waals surface area contributed by atoms with E-state index in [4.69, 9.17) is 0 Å². The molecule has 5 heteroatoms. The highest BCUT2D eigenvalue weighted by Gasteiger charge is 2.26. The summed E-state index contributed by atoms with van der Waals surface area (Å²) in [6.45, 7) is 4.86. The molecule has 0 spiro atoms. The molecule has 0 aromatic heterocycles. The van der Waals surface area contributed by atoms with Crippen molar-refractivity contribution in [1.29, 1.82) is 0 Å². The van der Waals surface area contributed by atoms with E-state index in [1.54, 1.807) is 6.92 Å². The van der Waals surface area contributed by atoms with Crippen LogP contribution in [0.1, 0.15) is 30.9 Å². The molecule has 2 aliphatic rings. The molecule has 1 fully saturated rings. The molecule has 0 saturated carbocycles. The second kappa shape index (κ2) is 8.05. The van der Waals surface area contributed by atoms with Gasteiger partial charge < -0.3 is 15.1 Å². The van der Waals surface area contributed by atoms with Crippen LogP contribution in [0.3, 0.4) is 0 Å². The van der Waals surface area contributed by atoms with Crippen molar-refractivity contribution in [2.24, 2.45) is 5.92 Å². The minimum absolute atomic E-state index is 0.0196. The quantitative estimate of drug-likeness (QED) is 0.891. The standard InChI is InChI=1S/C23H27N3O2/c1-17(27)25-13-11-19(12-14-25)23(28)24-21-6-8-22(9-7-21)26-15-10-18-4-2-3-5-20(18)16-26/h2-9,19H,10-16H2,1H3,(H,24,28). The van der Waals surface area contributed by atoms with Crippen LogP contribution in [0.5, 0.6) is 0 Å². The summed E-state index contributed by atoms with van der Waals surface area (Å²) >= 11 is 0. The predicted octanol–water partition coefficient (Wildman–Crippen LogP) is 3.45. The fourth-order valence-corrected chi connectivity index (χ4v) is 4.17. The van der Waals surface area contributed by atoms with Gasteiger partial charge in [-0.2, -0.15) is 0 Å². The third-order valence-corrected chi connectivity index (χ3v) is 5.94. The molecule has 2 aliphatic heterocycles. The summed E-state index contributed by atoms with van der Waals surface area (Å²) in [7, 11) is 0. The predicted molar refractivity (Wildman–Crippen MR) is 111 cm³/mol. The Hall–Kier alpha value is -2.82. The van der Waals surface area contributed by atoms with Gasteiger partial charge in [-0.05, 0) is 54.7 Å². The molecule has 2 aromatic rings. The third-order valence-electron chi connectivity index (χ3n) is 5.94. The fraction of sp³-hybridized carbons (Fsp3) is 0.391. The molecule has 0 bridgehead atoms. The summed E-state index contributed by atoms with van der Waals surface area (Å²) < 4.78 is 0. The number of hydrogen-bond acceptors (Lipinski definition) is 3. The van der Waals surface area contributed by atoms with Gasteiger partial charge in [0.05, 0.1) is 0 Å². The fourth-order valence-electron chi connectivity index (χ4n) is 4.17. The van der Waals surface area contributed by atoms with E-state index >= 15 is 0 Å².